The first-order valence-electron chi connectivity index (χ1n) is 11.3. The molecule has 1 unspecified atom stereocenters. The molecule has 31 heavy (non-hydrogen) atoms. The van der Waals surface area contributed by atoms with Gasteiger partial charge >= 0.3 is 11.9 Å². The van der Waals surface area contributed by atoms with E-state index in [4.69, 9.17) is 10.2 Å². The fourth-order valence-electron chi connectivity index (χ4n) is 2.73. The normalized spacial score (nSPS) is 12.9. The Balaban J connectivity index is 3.77. The third-order valence-electron chi connectivity index (χ3n) is 4.51. The number of carbonyl (C=O) groups excluding carboxylic acids is 1. The fourth-order valence-corrected chi connectivity index (χ4v) is 2.73. The predicted octanol–water partition coefficient (Wildman–Crippen LogP) is 5.57. The average molecular weight is 434 g/mol. The van der Waals surface area contributed by atoms with Crippen LogP contribution in [0.5, 0.6) is 0 Å². The van der Waals surface area contributed by atoms with Crippen molar-refractivity contribution in [3.63, 3.8) is 0 Å². The van der Waals surface area contributed by atoms with Crippen LogP contribution in [0.1, 0.15) is 84.0 Å². The molecule has 0 saturated carbocycles. The maximum atomic E-state index is 11.8. The molecule has 0 aromatic rings. The van der Waals surface area contributed by atoms with Crippen LogP contribution < -0.4 is 5.32 Å². The van der Waals surface area contributed by atoms with Crippen molar-refractivity contribution in [1.82, 2.24) is 5.32 Å². The van der Waals surface area contributed by atoms with Crippen LogP contribution in [0.25, 0.3) is 0 Å². The van der Waals surface area contributed by atoms with Crippen LogP contribution in [0.3, 0.4) is 0 Å². The van der Waals surface area contributed by atoms with Crippen LogP contribution in [-0.4, -0.2) is 34.1 Å². The monoisotopic (exact) mass is 433 g/mol. The Morgan fingerprint density at radius 2 is 1.26 bits per heavy atom. The summed E-state index contributed by atoms with van der Waals surface area (Å²) < 4.78 is 0. The number of rotatable bonds is 19. The van der Waals surface area contributed by atoms with Crippen molar-refractivity contribution < 1.29 is 24.6 Å². The number of carboxylic acids is 2. The molecule has 0 aliphatic heterocycles. The first kappa shape index (κ1) is 28.4. The summed E-state index contributed by atoms with van der Waals surface area (Å²) in [5.41, 5.74) is 0. The summed E-state index contributed by atoms with van der Waals surface area (Å²) in [6.45, 7) is 2.21. The first-order chi connectivity index (χ1) is 15.0. The number of carboxylic acid groups (broad SMARTS) is 2. The average Bonchev–Trinajstić information content (AvgIpc) is 2.73. The van der Waals surface area contributed by atoms with E-state index in [0.717, 1.165) is 25.7 Å². The van der Waals surface area contributed by atoms with Crippen molar-refractivity contribution in [2.45, 2.75) is 90.0 Å². The molecule has 0 fully saturated rings. The molecule has 0 aromatic heterocycles. The highest BCUT2D eigenvalue weighted by molar-refractivity contribution is 5.83. The van der Waals surface area contributed by atoms with E-state index >= 15 is 0 Å². The highest BCUT2D eigenvalue weighted by Gasteiger charge is 2.20. The van der Waals surface area contributed by atoms with E-state index in [1.54, 1.807) is 0 Å². The molecule has 0 heterocycles. The first-order valence-corrected chi connectivity index (χ1v) is 11.3. The summed E-state index contributed by atoms with van der Waals surface area (Å²) in [5.74, 6) is -2.66. The third kappa shape index (κ3) is 20.4. The van der Waals surface area contributed by atoms with Crippen molar-refractivity contribution >= 4 is 17.8 Å². The Morgan fingerprint density at radius 3 is 1.74 bits per heavy atom. The zero-order valence-corrected chi connectivity index (χ0v) is 18.8. The van der Waals surface area contributed by atoms with Crippen LogP contribution in [0.15, 0.2) is 48.6 Å². The van der Waals surface area contributed by atoms with Gasteiger partial charge in [-0.3, -0.25) is 9.59 Å². The van der Waals surface area contributed by atoms with Crippen molar-refractivity contribution in [3.8, 4) is 0 Å². The number of hydrogen-bond donors (Lipinski definition) is 3. The number of hydrogen-bond acceptors (Lipinski definition) is 3. The summed E-state index contributed by atoms with van der Waals surface area (Å²) in [6, 6.07) is -1.15. The van der Waals surface area contributed by atoms with E-state index in [2.05, 4.69) is 48.7 Å². The molecule has 0 aliphatic carbocycles. The van der Waals surface area contributed by atoms with E-state index in [9.17, 15) is 14.4 Å². The van der Waals surface area contributed by atoms with Gasteiger partial charge in [-0.2, -0.15) is 0 Å². The zero-order valence-electron chi connectivity index (χ0n) is 18.8. The number of unbranched alkanes of at least 4 members (excludes halogenated alkanes) is 4. The molecule has 0 rings (SSSR count). The molecular formula is C25H39NO5. The summed E-state index contributed by atoms with van der Waals surface area (Å²) in [6.07, 6.45) is 26.0. The Labute approximate surface area is 186 Å². The van der Waals surface area contributed by atoms with Gasteiger partial charge in [-0.05, 0) is 51.4 Å². The molecule has 3 N–H and O–H groups in total. The van der Waals surface area contributed by atoms with Crippen molar-refractivity contribution in [2.75, 3.05) is 0 Å². The molecule has 0 saturated heterocycles. The standard InChI is InChI=1S/C25H39NO5/c1-2-3-4-5-6-7-8-9-10-11-12-13-14-15-16-17-18-19-23(27)26-22(25(30)31)20-21-24(28)29/h6-7,9-10,12-13,15-16,22H,2-5,8,11,14,17-21H2,1H3,(H,26,27)(H,28,29)(H,30,31). The number of carbonyl (C=O) groups is 3. The molecule has 0 bridgehead atoms. The van der Waals surface area contributed by atoms with Gasteiger partial charge < -0.3 is 15.5 Å². The smallest absolute Gasteiger partial charge is 0.326 e. The van der Waals surface area contributed by atoms with Gasteiger partial charge in [-0.25, -0.2) is 4.79 Å². The second-order valence-electron chi connectivity index (χ2n) is 7.37. The lowest BCUT2D eigenvalue weighted by molar-refractivity contribution is -0.143. The number of amides is 1. The third-order valence-corrected chi connectivity index (χ3v) is 4.51. The van der Waals surface area contributed by atoms with Gasteiger partial charge in [0.25, 0.3) is 0 Å². The Hall–Kier alpha value is -2.63. The topological polar surface area (TPSA) is 104 Å². The highest BCUT2D eigenvalue weighted by Crippen LogP contribution is 2.03. The molecule has 1 amide bonds. The summed E-state index contributed by atoms with van der Waals surface area (Å²) in [5, 5.41) is 20.0. The van der Waals surface area contributed by atoms with Gasteiger partial charge in [-0.1, -0.05) is 68.4 Å². The van der Waals surface area contributed by atoms with E-state index < -0.39 is 18.0 Å². The Bertz CT molecular complexity index is 619. The van der Waals surface area contributed by atoms with E-state index in [1.165, 1.54) is 25.7 Å². The molecular weight excluding hydrogens is 394 g/mol. The van der Waals surface area contributed by atoms with Gasteiger partial charge in [0, 0.05) is 12.8 Å². The van der Waals surface area contributed by atoms with E-state index in [1.807, 2.05) is 12.2 Å². The molecule has 6 nitrogen and oxygen atoms in total. The lowest BCUT2D eigenvalue weighted by Crippen LogP contribution is -2.41. The predicted molar refractivity (Wildman–Crippen MR) is 125 cm³/mol. The zero-order chi connectivity index (χ0) is 23.2. The minimum absolute atomic E-state index is 0.117. The van der Waals surface area contributed by atoms with Crippen molar-refractivity contribution in [2.24, 2.45) is 0 Å². The van der Waals surface area contributed by atoms with Crippen LogP contribution in [0.2, 0.25) is 0 Å². The Kier molecular flexibility index (Phi) is 18.9. The van der Waals surface area contributed by atoms with Gasteiger partial charge in [0.2, 0.25) is 5.91 Å². The molecule has 6 heteroatoms. The van der Waals surface area contributed by atoms with E-state index in [0.29, 0.717) is 6.42 Å². The van der Waals surface area contributed by atoms with Gasteiger partial charge in [0.05, 0.1) is 0 Å². The Morgan fingerprint density at radius 1 is 0.742 bits per heavy atom. The fraction of sp³-hybridized carbons (Fsp3) is 0.560. The second kappa shape index (κ2) is 20.6. The van der Waals surface area contributed by atoms with Crippen LogP contribution >= 0.6 is 0 Å². The molecule has 0 spiro atoms. The van der Waals surface area contributed by atoms with Crippen molar-refractivity contribution in [3.05, 3.63) is 48.6 Å². The lowest BCUT2D eigenvalue weighted by Gasteiger charge is -2.13. The summed E-state index contributed by atoms with van der Waals surface area (Å²) in [7, 11) is 0. The van der Waals surface area contributed by atoms with Crippen LogP contribution in [0.4, 0.5) is 0 Å². The van der Waals surface area contributed by atoms with E-state index in [-0.39, 0.29) is 25.2 Å². The maximum absolute atomic E-state index is 11.8. The summed E-state index contributed by atoms with van der Waals surface area (Å²) >= 11 is 0. The SMILES string of the molecule is CCCCCC=CCC=CCC=CCC=CCCCC(=O)NC(CCC(=O)O)C(=O)O. The minimum Gasteiger partial charge on any atom is -0.481 e. The number of allylic oxidation sites excluding steroid dienone is 8. The minimum atomic E-state index is -1.21. The van der Waals surface area contributed by atoms with Gasteiger partial charge in [-0.15, -0.1) is 0 Å². The molecule has 174 valence electrons. The van der Waals surface area contributed by atoms with Crippen LogP contribution in [0, 0.1) is 0 Å². The second-order valence-corrected chi connectivity index (χ2v) is 7.37. The number of aliphatic carboxylic acids is 2. The van der Waals surface area contributed by atoms with Gasteiger partial charge in [0.15, 0.2) is 0 Å². The maximum Gasteiger partial charge on any atom is 0.326 e. The quantitative estimate of drug-likeness (QED) is 0.183. The van der Waals surface area contributed by atoms with Crippen molar-refractivity contribution in [1.29, 1.82) is 0 Å². The molecule has 0 aliphatic rings. The van der Waals surface area contributed by atoms with Crippen LogP contribution in [-0.2, 0) is 14.4 Å². The lowest BCUT2D eigenvalue weighted by atomic mass is 10.1. The molecule has 0 aromatic carbocycles. The number of nitrogens with one attached hydrogen (secondary N) is 1. The largest absolute Gasteiger partial charge is 0.481 e. The summed E-state index contributed by atoms with van der Waals surface area (Å²) in [4.78, 5) is 33.4. The highest BCUT2D eigenvalue weighted by atomic mass is 16.4. The molecule has 1 atom stereocenters. The molecule has 0 radical (unpaired) electrons. The van der Waals surface area contributed by atoms with Gasteiger partial charge in [0.1, 0.15) is 6.04 Å².